The molecule has 2 aromatic carbocycles. The molecule has 0 aromatic heterocycles. The summed E-state index contributed by atoms with van der Waals surface area (Å²) >= 11 is 0. The van der Waals surface area contributed by atoms with Gasteiger partial charge >= 0.3 is 0 Å². The summed E-state index contributed by atoms with van der Waals surface area (Å²) in [4.78, 5) is 2.52. The van der Waals surface area contributed by atoms with Gasteiger partial charge in [0.15, 0.2) is 0 Å². The Bertz CT molecular complexity index is 845. The number of likely N-dealkylation sites (N-methyl/N-ethyl adjacent to an activating group) is 1. The third kappa shape index (κ3) is 11.7. The average Bonchev–Trinajstić information content (AvgIpc) is 3.32. The van der Waals surface area contributed by atoms with Crippen molar-refractivity contribution in [3.8, 4) is 0 Å². The maximum absolute atomic E-state index is 6.71. The zero-order chi connectivity index (χ0) is 27.5. The van der Waals surface area contributed by atoms with Crippen molar-refractivity contribution in [2.75, 3.05) is 20.2 Å². The first-order valence-electron chi connectivity index (χ1n) is 15.9. The van der Waals surface area contributed by atoms with Gasteiger partial charge in [-0.3, -0.25) is 4.90 Å². The molecule has 3 rings (SSSR count). The van der Waals surface area contributed by atoms with Gasteiger partial charge in [0, 0.05) is 13.0 Å². The van der Waals surface area contributed by atoms with Crippen LogP contribution in [-0.4, -0.2) is 49.5 Å². The monoisotopic (exact) mass is 537 g/mol. The van der Waals surface area contributed by atoms with Crippen LogP contribution in [0.1, 0.15) is 102 Å². The maximum Gasteiger partial charge on any atom is 0.102 e. The standard InChI is InChI=1S/C35H55NO3/c1-4-6-8-10-11-19-25-36(3)34-32(38-28-30-21-15-13-16-22-30)27-33(39-29-31-23-17-14-18-24-31)35(34)37-26-20-12-9-7-5-2/h13-18,21-24,32-35H,4-12,19-20,25-29H2,1-3H3/t32-,33+,34+,35+/m0/s1. The second-order valence-electron chi connectivity index (χ2n) is 11.4. The molecule has 0 radical (unpaired) electrons. The van der Waals surface area contributed by atoms with Gasteiger partial charge in [-0.15, -0.1) is 0 Å². The molecular formula is C35H55NO3. The molecule has 0 spiro atoms. The smallest absolute Gasteiger partial charge is 0.102 e. The SMILES string of the molecule is CCCCCCCCN(C)[C@H]1[C@H](OCCCCCCC)[C@H](OCc2ccccc2)C[C@@H]1OCc1ccccc1. The lowest BCUT2D eigenvalue weighted by atomic mass is 10.1. The van der Waals surface area contributed by atoms with E-state index in [-0.39, 0.29) is 24.4 Å². The zero-order valence-electron chi connectivity index (χ0n) is 25.1. The van der Waals surface area contributed by atoms with Gasteiger partial charge < -0.3 is 14.2 Å². The molecule has 2 aromatic rings. The minimum absolute atomic E-state index is 0.0192. The van der Waals surface area contributed by atoms with Crippen LogP contribution in [0.25, 0.3) is 0 Å². The molecule has 0 bridgehead atoms. The highest BCUT2D eigenvalue weighted by Crippen LogP contribution is 2.33. The summed E-state index contributed by atoms with van der Waals surface area (Å²) in [6.45, 7) is 7.66. The number of nitrogens with zero attached hydrogens (tertiary/aromatic N) is 1. The Morgan fingerprint density at radius 1 is 0.615 bits per heavy atom. The third-order valence-electron chi connectivity index (χ3n) is 8.09. The van der Waals surface area contributed by atoms with Gasteiger partial charge in [-0.2, -0.15) is 0 Å². The van der Waals surface area contributed by atoms with Gasteiger partial charge in [0.1, 0.15) is 6.10 Å². The molecule has 0 N–H and O–H groups in total. The number of benzene rings is 2. The van der Waals surface area contributed by atoms with Crippen molar-refractivity contribution >= 4 is 0 Å². The molecule has 0 heterocycles. The predicted octanol–water partition coefficient (Wildman–Crippen LogP) is 8.58. The fraction of sp³-hybridized carbons (Fsp3) is 0.657. The quantitative estimate of drug-likeness (QED) is 0.149. The molecule has 1 aliphatic rings. The van der Waals surface area contributed by atoms with Crippen molar-refractivity contribution in [1.82, 2.24) is 4.90 Å². The van der Waals surface area contributed by atoms with Gasteiger partial charge in [-0.05, 0) is 37.6 Å². The van der Waals surface area contributed by atoms with Crippen molar-refractivity contribution in [2.24, 2.45) is 0 Å². The van der Waals surface area contributed by atoms with Gasteiger partial charge in [0.25, 0.3) is 0 Å². The summed E-state index contributed by atoms with van der Waals surface area (Å²) in [5.41, 5.74) is 2.43. The molecule has 218 valence electrons. The van der Waals surface area contributed by atoms with Crippen LogP contribution in [0, 0.1) is 0 Å². The second kappa shape index (κ2) is 19.4. The number of rotatable bonds is 21. The van der Waals surface area contributed by atoms with E-state index in [0.29, 0.717) is 13.2 Å². The van der Waals surface area contributed by atoms with E-state index in [1.54, 1.807) is 0 Å². The Balaban J connectivity index is 1.67. The molecule has 4 atom stereocenters. The van der Waals surface area contributed by atoms with E-state index in [1.165, 1.54) is 75.3 Å². The Morgan fingerprint density at radius 2 is 1.13 bits per heavy atom. The number of unbranched alkanes of at least 4 members (excludes halogenated alkanes) is 9. The highest BCUT2D eigenvalue weighted by molar-refractivity contribution is 5.15. The van der Waals surface area contributed by atoms with Crippen LogP contribution in [0.5, 0.6) is 0 Å². The summed E-state index contributed by atoms with van der Waals surface area (Å²) in [7, 11) is 2.27. The fourth-order valence-electron chi connectivity index (χ4n) is 5.77. The number of hydrogen-bond acceptors (Lipinski definition) is 4. The molecule has 39 heavy (non-hydrogen) atoms. The Kier molecular flexibility index (Phi) is 15.8. The first-order chi connectivity index (χ1) is 19.2. The molecule has 1 fully saturated rings. The van der Waals surface area contributed by atoms with E-state index >= 15 is 0 Å². The molecule has 4 nitrogen and oxygen atoms in total. The van der Waals surface area contributed by atoms with Crippen molar-refractivity contribution in [3.63, 3.8) is 0 Å². The molecule has 1 saturated carbocycles. The Morgan fingerprint density at radius 3 is 1.72 bits per heavy atom. The van der Waals surface area contributed by atoms with E-state index in [2.05, 4.69) is 86.5 Å². The Labute approximate surface area is 239 Å². The van der Waals surface area contributed by atoms with Crippen LogP contribution < -0.4 is 0 Å². The molecule has 4 heteroatoms. The van der Waals surface area contributed by atoms with Crippen molar-refractivity contribution in [1.29, 1.82) is 0 Å². The van der Waals surface area contributed by atoms with Crippen molar-refractivity contribution in [3.05, 3.63) is 71.8 Å². The van der Waals surface area contributed by atoms with Gasteiger partial charge in [0.2, 0.25) is 0 Å². The zero-order valence-corrected chi connectivity index (χ0v) is 25.1. The third-order valence-corrected chi connectivity index (χ3v) is 8.09. The fourth-order valence-corrected chi connectivity index (χ4v) is 5.77. The molecular weight excluding hydrogens is 482 g/mol. The van der Waals surface area contributed by atoms with Gasteiger partial charge in [-0.25, -0.2) is 0 Å². The van der Waals surface area contributed by atoms with E-state index in [1.807, 2.05) is 0 Å². The first-order valence-corrected chi connectivity index (χ1v) is 15.9. The lowest BCUT2D eigenvalue weighted by Gasteiger charge is -2.34. The first kappa shape index (κ1) is 31.8. The maximum atomic E-state index is 6.71. The minimum Gasteiger partial charge on any atom is -0.374 e. The van der Waals surface area contributed by atoms with E-state index in [4.69, 9.17) is 14.2 Å². The lowest BCUT2D eigenvalue weighted by molar-refractivity contribution is -0.0898. The van der Waals surface area contributed by atoms with E-state index in [9.17, 15) is 0 Å². The average molecular weight is 538 g/mol. The van der Waals surface area contributed by atoms with Crippen LogP contribution in [0.2, 0.25) is 0 Å². The molecule has 0 aliphatic heterocycles. The second-order valence-corrected chi connectivity index (χ2v) is 11.4. The Hall–Kier alpha value is -1.72. The summed E-state index contributed by atoms with van der Waals surface area (Å²) in [6.07, 6.45) is 15.1. The van der Waals surface area contributed by atoms with Crippen LogP contribution in [-0.2, 0) is 27.4 Å². The van der Waals surface area contributed by atoms with Crippen LogP contribution in [0.3, 0.4) is 0 Å². The number of ether oxygens (including phenoxy) is 3. The van der Waals surface area contributed by atoms with Crippen molar-refractivity contribution < 1.29 is 14.2 Å². The van der Waals surface area contributed by atoms with Gasteiger partial charge in [0.05, 0.1) is 31.5 Å². The summed E-state index contributed by atoms with van der Waals surface area (Å²) in [5, 5.41) is 0. The van der Waals surface area contributed by atoms with Crippen LogP contribution in [0.15, 0.2) is 60.7 Å². The number of hydrogen-bond donors (Lipinski definition) is 0. The predicted molar refractivity (Wildman–Crippen MR) is 163 cm³/mol. The molecule has 1 aliphatic carbocycles. The topological polar surface area (TPSA) is 30.9 Å². The normalized spacial score (nSPS) is 21.1. The van der Waals surface area contributed by atoms with E-state index < -0.39 is 0 Å². The minimum atomic E-state index is 0.0192. The molecule has 0 unspecified atom stereocenters. The summed E-state index contributed by atoms with van der Waals surface area (Å²) in [5.74, 6) is 0. The van der Waals surface area contributed by atoms with Crippen LogP contribution >= 0.6 is 0 Å². The largest absolute Gasteiger partial charge is 0.374 e. The lowest BCUT2D eigenvalue weighted by Crippen LogP contribution is -2.48. The van der Waals surface area contributed by atoms with Crippen molar-refractivity contribution in [2.45, 2.75) is 128 Å². The van der Waals surface area contributed by atoms with E-state index in [0.717, 1.165) is 26.0 Å². The highest BCUT2D eigenvalue weighted by Gasteiger charge is 2.47. The summed E-state index contributed by atoms with van der Waals surface area (Å²) in [6, 6.07) is 21.3. The van der Waals surface area contributed by atoms with Crippen LogP contribution in [0.4, 0.5) is 0 Å². The van der Waals surface area contributed by atoms with Gasteiger partial charge in [-0.1, -0.05) is 132 Å². The summed E-state index contributed by atoms with van der Waals surface area (Å²) < 4.78 is 20.0. The molecule has 0 saturated heterocycles. The molecule has 0 amide bonds. The highest BCUT2D eigenvalue weighted by atomic mass is 16.6.